The van der Waals surface area contributed by atoms with E-state index in [2.05, 4.69) is 20.0 Å². The van der Waals surface area contributed by atoms with Gasteiger partial charge in [0.05, 0.1) is 18.2 Å². The highest BCUT2D eigenvalue weighted by molar-refractivity contribution is 7.89. The van der Waals surface area contributed by atoms with Crippen LogP contribution >= 0.6 is 0 Å². The van der Waals surface area contributed by atoms with Crippen molar-refractivity contribution in [1.82, 2.24) is 24.3 Å². The zero-order chi connectivity index (χ0) is 23.0. The van der Waals surface area contributed by atoms with Crippen LogP contribution in [0.15, 0.2) is 35.5 Å². The third-order valence-electron chi connectivity index (χ3n) is 4.81. The van der Waals surface area contributed by atoms with Crippen LogP contribution in [-0.2, 0) is 14.8 Å². The number of methoxy groups -OCH3 is 1. The minimum Gasteiger partial charge on any atom is -0.496 e. The highest BCUT2D eigenvalue weighted by atomic mass is 32.2. The summed E-state index contributed by atoms with van der Waals surface area (Å²) in [6, 6.07) is 5.00. The van der Waals surface area contributed by atoms with E-state index < -0.39 is 16.0 Å². The van der Waals surface area contributed by atoms with E-state index in [0.29, 0.717) is 18.8 Å². The summed E-state index contributed by atoms with van der Waals surface area (Å²) in [4.78, 5) is 13.7. The topological polar surface area (TPSA) is 119 Å². The quantitative estimate of drug-likeness (QED) is 0.638. The number of carboxylic acids is 1. The number of nitrogens with one attached hydrogen (secondary N) is 1. The Morgan fingerprint density at radius 2 is 1.90 bits per heavy atom. The molecule has 0 saturated carbocycles. The van der Waals surface area contributed by atoms with Crippen LogP contribution in [0, 0.1) is 0 Å². The van der Waals surface area contributed by atoms with Crippen molar-refractivity contribution in [3.05, 3.63) is 30.6 Å². The number of nitrogens with zero attached hydrogens (tertiary/aromatic N) is 4. The summed E-state index contributed by atoms with van der Waals surface area (Å²) >= 11 is 0. The van der Waals surface area contributed by atoms with Crippen molar-refractivity contribution in [1.29, 1.82) is 0 Å². The number of piperazine rings is 1. The highest BCUT2D eigenvalue weighted by Gasteiger charge is 2.29. The lowest BCUT2D eigenvalue weighted by atomic mass is 10.1. The lowest BCUT2D eigenvalue weighted by Gasteiger charge is -2.34. The van der Waals surface area contributed by atoms with Gasteiger partial charge in [0.15, 0.2) is 0 Å². The third kappa shape index (κ3) is 7.03. The van der Waals surface area contributed by atoms with Crippen LogP contribution in [0.4, 0.5) is 0 Å². The molecule has 0 unspecified atom stereocenters. The number of aromatic amines is 1. The van der Waals surface area contributed by atoms with Crippen LogP contribution in [0.2, 0.25) is 0 Å². The molecule has 0 spiro atoms. The van der Waals surface area contributed by atoms with E-state index in [-0.39, 0.29) is 4.90 Å². The summed E-state index contributed by atoms with van der Waals surface area (Å²) in [6.45, 7) is 5.51. The SMILES string of the molecule is CC(=O)O.COc1cc(S(=O)(=O)N2CCN(CCN(C)C)CC2)ccc1-c1cn[nH]c1. The van der Waals surface area contributed by atoms with Crippen molar-refractivity contribution in [3.63, 3.8) is 0 Å². The molecule has 1 aliphatic heterocycles. The van der Waals surface area contributed by atoms with Gasteiger partial charge in [0.1, 0.15) is 5.75 Å². The van der Waals surface area contributed by atoms with E-state index in [4.69, 9.17) is 14.6 Å². The lowest BCUT2D eigenvalue weighted by molar-refractivity contribution is -0.134. The number of likely N-dealkylation sites (N-methyl/N-ethyl adjacent to an activating group) is 1. The van der Waals surface area contributed by atoms with Crippen LogP contribution in [0.1, 0.15) is 6.92 Å². The molecule has 0 aliphatic carbocycles. The molecular weight excluding hydrogens is 422 g/mol. The molecule has 172 valence electrons. The molecule has 0 radical (unpaired) electrons. The van der Waals surface area contributed by atoms with Gasteiger partial charge in [-0.3, -0.25) is 14.8 Å². The Hall–Kier alpha value is -2.47. The van der Waals surface area contributed by atoms with Crippen LogP contribution in [-0.4, -0.2) is 104 Å². The zero-order valence-corrected chi connectivity index (χ0v) is 19.2. The minimum absolute atomic E-state index is 0.258. The van der Waals surface area contributed by atoms with Crippen molar-refractivity contribution < 1.29 is 23.1 Å². The Balaban J connectivity index is 0.000000785. The Morgan fingerprint density at radius 3 is 2.42 bits per heavy atom. The van der Waals surface area contributed by atoms with Crippen molar-refractivity contribution in [2.75, 3.05) is 60.5 Å². The molecule has 10 nitrogen and oxygen atoms in total. The third-order valence-corrected chi connectivity index (χ3v) is 6.71. The number of carbonyl (C=O) groups is 1. The number of H-pyrrole nitrogens is 1. The van der Waals surface area contributed by atoms with E-state index in [1.807, 2.05) is 14.1 Å². The Bertz CT molecular complexity index is 935. The summed E-state index contributed by atoms with van der Waals surface area (Å²) in [7, 11) is 2.08. The predicted molar refractivity (Wildman–Crippen MR) is 118 cm³/mol. The zero-order valence-electron chi connectivity index (χ0n) is 18.4. The standard InChI is InChI=1S/C18H27N5O3S.C2H4O2/c1-21(2)6-7-22-8-10-23(11-9-22)27(24,25)16-4-5-17(18(12-16)26-3)15-13-19-20-14-15;1-2(3)4/h4-5,12-14H,6-11H2,1-3H3,(H,19,20);1H3,(H,3,4). The van der Waals surface area contributed by atoms with Gasteiger partial charge >= 0.3 is 0 Å². The highest BCUT2D eigenvalue weighted by Crippen LogP contribution is 2.32. The largest absolute Gasteiger partial charge is 0.496 e. The maximum atomic E-state index is 13.1. The van der Waals surface area contributed by atoms with Gasteiger partial charge in [-0.25, -0.2) is 8.42 Å². The molecule has 0 atom stereocenters. The Morgan fingerprint density at radius 1 is 1.26 bits per heavy atom. The van der Waals surface area contributed by atoms with Crippen LogP contribution in [0.3, 0.4) is 0 Å². The fraction of sp³-hybridized carbons (Fsp3) is 0.500. The molecule has 2 N–H and O–H groups in total. The number of hydrogen-bond donors (Lipinski definition) is 2. The number of rotatable bonds is 7. The molecule has 0 amide bonds. The number of benzene rings is 1. The molecule has 2 heterocycles. The second kappa shape index (κ2) is 11.2. The summed E-state index contributed by atoms with van der Waals surface area (Å²) in [5, 5.41) is 14.1. The first-order valence-corrected chi connectivity index (χ1v) is 11.3. The van der Waals surface area contributed by atoms with Gasteiger partial charge < -0.3 is 14.7 Å². The number of carboxylic acid groups (broad SMARTS) is 1. The average molecular weight is 454 g/mol. The van der Waals surface area contributed by atoms with Gasteiger partial charge in [-0.1, -0.05) is 0 Å². The lowest BCUT2D eigenvalue weighted by Crippen LogP contribution is -2.49. The van der Waals surface area contributed by atoms with E-state index in [1.54, 1.807) is 42.0 Å². The molecule has 0 bridgehead atoms. The van der Waals surface area contributed by atoms with Gasteiger partial charge in [-0.05, 0) is 26.2 Å². The smallest absolute Gasteiger partial charge is 0.300 e. The second-order valence-electron chi connectivity index (χ2n) is 7.42. The van der Waals surface area contributed by atoms with E-state index >= 15 is 0 Å². The van der Waals surface area contributed by atoms with Gasteiger partial charge in [0, 0.05) is 69.6 Å². The molecule has 1 aromatic carbocycles. The number of sulfonamides is 1. The van der Waals surface area contributed by atoms with Crippen LogP contribution in [0.5, 0.6) is 5.75 Å². The molecule has 3 rings (SSSR count). The molecule has 1 aliphatic rings. The van der Waals surface area contributed by atoms with Gasteiger partial charge in [0.25, 0.3) is 5.97 Å². The van der Waals surface area contributed by atoms with Crippen molar-refractivity contribution in [2.24, 2.45) is 0 Å². The fourth-order valence-corrected chi connectivity index (χ4v) is 4.59. The van der Waals surface area contributed by atoms with Gasteiger partial charge in [-0.2, -0.15) is 9.40 Å². The van der Waals surface area contributed by atoms with E-state index in [9.17, 15) is 8.42 Å². The first-order valence-electron chi connectivity index (χ1n) is 9.89. The van der Waals surface area contributed by atoms with Crippen LogP contribution in [0.25, 0.3) is 11.1 Å². The number of aliphatic carboxylic acids is 1. The maximum absolute atomic E-state index is 13.1. The summed E-state index contributed by atoms with van der Waals surface area (Å²) in [5.74, 6) is -0.318. The van der Waals surface area contributed by atoms with Crippen molar-refractivity contribution in [2.45, 2.75) is 11.8 Å². The number of aromatic nitrogens is 2. The normalized spacial score (nSPS) is 15.4. The fourth-order valence-electron chi connectivity index (χ4n) is 3.15. The van der Waals surface area contributed by atoms with Crippen LogP contribution < -0.4 is 4.74 Å². The summed E-state index contributed by atoms with van der Waals surface area (Å²) in [5.41, 5.74) is 1.66. The van der Waals surface area contributed by atoms with Gasteiger partial charge in [0.2, 0.25) is 10.0 Å². The number of ether oxygens (including phenoxy) is 1. The van der Waals surface area contributed by atoms with Crippen molar-refractivity contribution in [3.8, 4) is 16.9 Å². The molecule has 1 saturated heterocycles. The number of hydrogen-bond acceptors (Lipinski definition) is 7. The van der Waals surface area contributed by atoms with E-state index in [0.717, 1.165) is 44.2 Å². The van der Waals surface area contributed by atoms with Crippen molar-refractivity contribution >= 4 is 16.0 Å². The molecule has 1 aromatic heterocycles. The minimum atomic E-state index is -3.54. The average Bonchev–Trinajstić information content (AvgIpc) is 3.26. The van der Waals surface area contributed by atoms with Gasteiger partial charge in [-0.15, -0.1) is 0 Å². The molecule has 1 fully saturated rings. The Kier molecular flexibility index (Phi) is 8.99. The second-order valence-corrected chi connectivity index (χ2v) is 9.36. The maximum Gasteiger partial charge on any atom is 0.300 e. The molecular formula is C20H31N5O5S. The first kappa shape index (κ1) is 24.8. The molecule has 2 aromatic rings. The summed E-state index contributed by atoms with van der Waals surface area (Å²) < 4.78 is 33.1. The molecule has 11 heteroatoms. The predicted octanol–water partition coefficient (Wildman–Crippen LogP) is 1.04. The van der Waals surface area contributed by atoms with E-state index in [1.165, 1.54) is 0 Å². The monoisotopic (exact) mass is 453 g/mol. The summed E-state index contributed by atoms with van der Waals surface area (Å²) in [6.07, 6.45) is 3.43. The molecule has 31 heavy (non-hydrogen) atoms. The Labute approximate surface area is 183 Å². The first-order chi connectivity index (χ1) is 14.6.